The fourth-order valence-corrected chi connectivity index (χ4v) is 2.80. The molecular weight excluding hydrogens is 270 g/mol. The average Bonchev–Trinajstić information content (AvgIpc) is 2.53. The van der Waals surface area contributed by atoms with Crippen LogP contribution in [0.1, 0.15) is 23.5 Å². The molecule has 3 heteroatoms. The first-order valence-corrected chi connectivity index (χ1v) is 7.51. The van der Waals surface area contributed by atoms with Crippen LogP contribution in [0.2, 0.25) is 0 Å². The van der Waals surface area contributed by atoms with Crippen molar-refractivity contribution in [2.75, 3.05) is 18.5 Å². The molecule has 2 aromatic carbocycles. The van der Waals surface area contributed by atoms with Crippen molar-refractivity contribution in [3.63, 3.8) is 0 Å². The number of benzene rings is 2. The summed E-state index contributed by atoms with van der Waals surface area (Å²) in [6.45, 7) is 1.72. The third-order valence-corrected chi connectivity index (χ3v) is 4.03. The molecule has 20 heavy (non-hydrogen) atoms. The molecule has 1 aliphatic heterocycles. The number of alkyl halides is 1. The van der Waals surface area contributed by atoms with Gasteiger partial charge in [-0.05, 0) is 35.7 Å². The van der Waals surface area contributed by atoms with Crippen LogP contribution in [0.15, 0.2) is 48.5 Å². The van der Waals surface area contributed by atoms with Gasteiger partial charge >= 0.3 is 0 Å². The molecule has 0 aromatic heterocycles. The number of hydrogen-bond donors (Lipinski definition) is 1. The van der Waals surface area contributed by atoms with Gasteiger partial charge in [-0.15, -0.1) is 11.6 Å². The van der Waals surface area contributed by atoms with Crippen LogP contribution in [0.4, 0.5) is 5.69 Å². The van der Waals surface area contributed by atoms with E-state index in [4.69, 9.17) is 16.3 Å². The van der Waals surface area contributed by atoms with Crippen LogP contribution in [0, 0.1) is 0 Å². The lowest BCUT2D eigenvalue weighted by atomic mass is 9.93. The molecule has 0 aliphatic carbocycles. The quantitative estimate of drug-likeness (QED) is 0.842. The van der Waals surface area contributed by atoms with E-state index in [1.165, 1.54) is 5.56 Å². The van der Waals surface area contributed by atoms with E-state index < -0.39 is 0 Å². The van der Waals surface area contributed by atoms with Gasteiger partial charge in [-0.3, -0.25) is 0 Å². The molecule has 1 atom stereocenters. The molecule has 2 aromatic rings. The van der Waals surface area contributed by atoms with Crippen molar-refractivity contribution in [2.45, 2.75) is 18.2 Å². The Kier molecular flexibility index (Phi) is 4.12. The first-order valence-electron chi connectivity index (χ1n) is 6.97. The van der Waals surface area contributed by atoms with Gasteiger partial charge in [0.05, 0.1) is 6.61 Å². The van der Waals surface area contributed by atoms with Crippen molar-refractivity contribution >= 4 is 17.3 Å². The lowest BCUT2D eigenvalue weighted by Crippen LogP contribution is -2.20. The zero-order valence-electron chi connectivity index (χ0n) is 11.3. The van der Waals surface area contributed by atoms with E-state index in [2.05, 4.69) is 35.6 Å². The molecule has 0 fully saturated rings. The van der Waals surface area contributed by atoms with Crippen LogP contribution in [0.25, 0.3) is 0 Å². The monoisotopic (exact) mass is 287 g/mol. The first kappa shape index (κ1) is 13.3. The van der Waals surface area contributed by atoms with Crippen LogP contribution in [0.3, 0.4) is 0 Å². The molecule has 0 spiro atoms. The minimum absolute atomic E-state index is 0.500. The van der Waals surface area contributed by atoms with E-state index in [0.29, 0.717) is 11.8 Å². The molecule has 1 aliphatic rings. The van der Waals surface area contributed by atoms with Crippen LogP contribution in [-0.2, 0) is 5.88 Å². The molecular formula is C17H18ClNO. The van der Waals surface area contributed by atoms with E-state index in [0.717, 1.165) is 36.6 Å². The predicted molar refractivity (Wildman–Crippen MR) is 83.8 cm³/mol. The highest BCUT2D eigenvalue weighted by molar-refractivity contribution is 6.17. The zero-order chi connectivity index (χ0) is 13.8. The summed E-state index contributed by atoms with van der Waals surface area (Å²) in [4.78, 5) is 0. The molecule has 104 valence electrons. The van der Waals surface area contributed by atoms with Gasteiger partial charge in [0, 0.05) is 24.0 Å². The van der Waals surface area contributed by atoms with Gasteiger partial charge in [0.15, 0.2) is 0 Å². The Morgan fingerprint density at radius 1 is 1.15 bits per heavy atom. The second-order valence-electron chi connectivity index (χ2n) is 5.09. The zero-order valence-corrected chi connectivity index (χ0v) is 12.1. The summed E-state index contributed by atoms with van der Waals surface area (Å²) >= 11 is 5.87. The second kappa shape index (κ2) is 6.19. The summed E-state index contributed by atoms with van der Waals surface area (Å²) in [5, 5.41) is 3.52. The molecule has 0 radical (unpaired) electrons. The third-order valence-electron chi connectivity index (χ3n) is 3.72. The Labute approximate surface area is 124 Å². The molecule has 0 amide bonds. The summed E-state index contributed by atoms with van der Waals surface area (Å²) in [7, 11) is 0. The van der Waals surface area contributed by atoms with Crippen LogP contribution >= 0.6 is 11.6 Å². The first-order chi connectivity index (χ1) is 9.86. The predicted octanol–water partition coefficient (Wildman–Crippen LogP) is 4.40. The van der Waals surface area contributed by atoms with E-state index in [1.54, 1.807) is 0 Å². The number of fused-ring (bicyclic) bond motifs is 1. The van der Waals surface area contributed by atoms with Crippen molar-refractivity contribution in [2.24, 2.45) is 0 Å². The van der Waals surface area contributed by atoms with Gasteiger partial charge < -0.3 is 10.1 Å². The largest absolute Gasteiger partial charge is 0.493 e. The Bertz CT molecular complexity index is 585. The summed E-state index contributed by atoms with van der Waals surface area (Å²) in [6, 6.07) is 16.6. The summed E-state index contributed by atoms with van der Waals surface area (Å²) in [6.07, 6.45) is 1.05. The molecule has 0 saturated heterocycles. The van der Waals surface area contributed by atoms with Crippen molar-refractivity contribution in [1.29, 1.82) is 0 Å². The number of para-hydroxylation sites is 1. The van der Waals surface area contributed by atoms with Gasteiger partial charge in [0.25, 0.3) is 0 Å². The molecule has 0 bridgehead atoms. The van der Waals surface area contributed by atoms with Crippen molar-refractivity contribution in [1.82, 2.24) is 0 Å². The maximum absolute atomic E-state index is 5.87. The molecule has 1 heterocycles. The standard InChI is InChI=1S/C17H18ClNO/c18-11-13-4-3-5-15(10-13)19-12-14-8-9-20-17-7-2-1-6-16(14)17/h1-7,10,14,19H,8-9,11-12H2. The minimum atomic E-state index is 0.500. The smallest absolute Gasteiger partial charge is 0.122 e. The van der Waals surface area contributed by atoms with Gasteiger partial charge in [-0.2, -0.15) is 0 Å². The fraction of sp³-hybridized carbons (Fsp3) is 0.294. The molecule has 3 rings (SSSR count). The number of rotatable bonds is 4. The Morgan fingerprint density at radius 2 is 2.05 bits per heavy atom. The maximum Gasteiger partial charge on any atom is 0.122 e. The molecule has 1 unspecified atom stereocenters. The van der Waals surface area contributed by atoms with Gasteiger partial charge in [0.1, 0.15) is 5.75 Å². The minimum Gasteiger partial charge on any atom is -0.493 e. The van der Waals surface area contributed by atoms with Gasteiger partial charge in [-0.25, -0.2) is 0 Å². The lowest BCUT2D eigenvalue weighted by Gasteiger charge is -2.26. The highest BCUT2D eigenvalue weighted by Crippen LogP contribution is 2.33. The number of halogens is 1. The summed E-state index contributed by atoms with van der Waals surface area (Å²) in [5.74, 6) is 2.08. The summed E-state index contributed by atoms with van der Waals surface area (Å²) < 4.78 is 5.70. The number of ether oxygens (including phenoxy) is 1. The maximum atomic E-state index is 5.87. The van der Waals surface area contributed by atoms with Gasteiger partial charge in [-0.1, -0.05) is 30.3 Å². The summed E-state index contributed by atoms with van der Waals surface area (Å²) in [5.41, 5.74) is 3.58. The highest BCUT2D eigenvalue weighted by atomic mass is 35.5. The highest BCUT2D eigenvalue weighted by Gasteiger charge is 2.20. The van der Waals surface area contributed by atoms with E-state index in [9.17, 15) is 0 Å². The van der Waals surface area contributed by atoms with Crippen LogP contribution < -0.4 is 10.1 Å². The van der Waals surface area contributed by atoms with E-state index in [1.807, 2.05) is 18.2 Å². The Balaban J connectivity index is 1.70. The van der Waals surface area contributed by atoms with E-state index in [-0.39, 0.29) is 0 Å². The topological polar surface area (TPSA) is 21.3 Å². The number of nitrogens with one attached hydrogen (secondary N) is 1. The van der Waals surface area contributed by atoms with Gasteiger partial charge in [0.2, 0.25) is 0 Å². The normalized spacial score (nSPS) is 17.1. The lowest BCUT2D eigenvalue weighted by molar-refractivity contribution is 0.270. The molecule has 2 nitrogen and oxygen atoms in total. The number of hydrogen-bond acceptors (Lipinski definition) is 2. The Hall–Kier alpha value is -1.67. The van der Waals surface area contributed by atoms with Crippen molar-refractivity contribution in [3.05, 3.63) is 59.7 Å². The molecule has 0 saturated carbocycles. The average molecular weight is 288 g/mol. The number of anilines is 1. The second-order valence-corrected chi connectivity index (χ2v) is 5.35. The van der Waals surface area contributed by atoms with Crippen molar-refractivity contribution < 1.29 is 4.74 Å². The SMILES string of the molecule is ClCc1cccc(NCC2CCOc3ccccc32)c1. The third kappa shape index (κ3) is 2.91. The fourth-order valence-electron chi connectivity index (χ4n) is 2.63. The van der Waals surface area contributed by atoms with Crippen molar-refractivity contribution in [3.8, 4) is 5.75 Å². The van der Waals surface area contributed by atoms with Crippen LogP contribution in [-0.4, -0.2) is 13.2 Å². The molecule has 1 N–H and O–H groups in total. The Morgan fingerprint density at radius 3 is 2.95 bits per heavy atom. The van der Waals surface area contributed by atoms with Crippen LogP contribution in [0.5, 0.6) is 5.75 Å². The van der Waals surface area contributed by atoms with E-state index >= 15 is 0 Å².